The number of carbonyl (C=O) groups is 1. The predicted octanol–water partition coefficient (Wildman–Crippen LogP) is 0.425. The molecule has 1 aliphatic rings. The topological polar surface area (TPSA) is 71.6 Å². The van der Waals surface area contributed by atoms with E-state index >= 15 is 0 Å². The van der Waals surface area contributed by atoms with E-state index in [-0.39, 0.29) is 5.91 Å². The lowest BCUT2D eigenvalue weighted by molar-refractivity contribution is 0.0746. The van der Waals surface area contributed by atoms with Gasteiger partial charge in [-0.1, -0.05) is 0 Å². The summed E-state index contributed by atoms with van der Waals surface area (Å²) in [4.78, 5) is 21.1. The van der Waals surface area contributed by atoms with E-state index in [0.29, 0.717) is 18.7 Å². The molecule has 23 heavy (non-hydrogen) atoms. The Morgan fingerprint density at radius 3 is 2.70 bits per heavy atom. The standard InChI is InChI=1S/C15H17N7O/c1-19-11-12(10-17-19)15(23)21-8-6-20(7-9-21)13-3-5-22-14(18-13)2-4-16-22/h2-5,10-11H,6-9H2,1H3. The van der Waals surface area contributed by atoms with Crippen LogP contribution in [-0.2, 0) is 7.05 Å². The van der Waals surface area contributed by atoms with Gasteiger partial charge in [0.15, 0.2) is 5.65 Å². The van der Waals surface area contributed by atoms with Gasteiger partial charge in [0.05, 0.1) is 18.0 Å². The summed E-state index contributed by atoms with van der Waals surface area (Å²) in [5, 5.41) is 8.21. The predicted molar refractivity (Wildman–Crippen MR) is 84.3 cm³/mol. The zero-order valence-electron chi connectivity index (χ0n) is 12.8. The molecule has 1 fully saturated rings. The third-order valence-electron chi connectivity index (χ3n) is 4.09. The van der Waals surface area contributed by atoms with Crippen LogP contribution in [0.25, 0.3) is 5.65 Å². The number of hydrogen-bond donors (Lipinski definition) is 0. The van der Waals surface area contributed by atoms with Gasteiger partial charge in [0.2, 0.25) is 0 Å². The quantitative estimate of drug-likeness (QED) is 0.686. The van der Waals surface area contributed by atoms with Crippen molar-refractivity contribution < 1.29 is 4.79 Å². The molecule has 0 aliphatic carbocycles. The molecule has 4 rings (SSSR count). The van der Waals surface area contributed by atoms with Crippen LogP contribution in [0.3, 0.4) is 0 Å². The van der Waals surface area contributed by atoms with Gasteiger partial charge in [0.1, 0.15) is 5.82 Å². The molecule has 1 saturated heterocycles. The van der Waals surface area contributed by atoms with Crippen LogP contribution in [0.5, 0.6) is 0 Å². The molecule has 3 aromatic heterocycles. The zero-order chi connectivity index (χ0) is 15.8. The highest BCUT2D eigenvalue weighted by molar-refractivity contribution is 5.93. The summed E-state index contributed by atoms with van der Waals surface area (Å²) in [6.07, 6.45) is 7.01. The molecule has 4 heterocycles. The number of hydrogen-bond acceptors (Lipinski definition) is 5. The van der Waals surface area contributed by atoms with Crippen LogP contribution in [0.4, 0.5) is 5.82 Å². The number of anilines is 1. The van der Waals surface area contributed by atoms with Gasteiger partial charge in [-0.15, -0.1) is 0 Å². The number of carbonyl (C=O) groups excluding carboxylic acids is 1. The van der Waals surface area contributed by atoms with E-state index in [4.69, 9.17) is 0 Å². The second-order valence-corrected chi connectivity index (χ2v) is 5.60. The van der Waals surface area contributed by atoms with Gasteiger partial charge in [-0.05, 0) is 6.07 Å². The molecule has 0 saturated carbocycles. The second kappa shape index (κ2) is 5.38. The molecule has 0 radical (unpaired) electrons. The lowest BCUT2D eigenvalue weighted by Crippen LogP contribution is -2.49. The van der Waals surface area contributed by atoms with E-state index in [1.807, 2.05) is 30.3 Å². The van der Waals surface area contributed by atoms with Crippen molar-refractivity contribution in [3.63, 3.8) is 0 Å². The molecule has 3 aromatic rings. The van der Waals surface area contributed by atoms with E-state index in [1.165, 1.54) is 0 Å². The molecule has 0 aromatic carbocycles. The van der Waals surface area contributed by atoms with Crippen molar-refractivity contribution in [2.45, 2.75) is 0 Å². The van der Waals surface area contributed by atoms with E-state index in [2.05, 4.69) is 20.1 Å². The molecule has 0 N–H and O–H groups in total. The summed E-state index contributed by atoms with van der Waals surface area (Å²) in [6, 6.07) is 3.84. The maximum atomic E-state index is 12.4. The number of fused-ring (bicyclic) bond motifs is 1. The molecule has 1 aliphatic heterocycles. The minimum absolute atomic E-state index is 0.0388. The minimum Gasteiger partial charge on any atom is -0.353 e. The molecule has 0 atom stereocenters. The summed E-state index contributed by atoms with van der Waals surface area (Å²) in [7, 11) is 1.81. The third kappa shape index (κ3) is 2.52. The Kier molecular flexibility index (Phi) is 3.22. The number of amides is 1. The number of piperazine rings is 1. The molecule has 0 unspecified atom stereocenters. The van der Waals surface area contributed by atoms with Gasteiger partial charge >= 0.3 is 0 Å². The molecule has 118 valence electrons. The van der Waals surface area contributed by atoms with E-state index in [1.54, 1.807) is 27.8 Å². The molecule has 1 amide bonds. The summed E-state index contributed by atoms with van der Waals surface area (Å²) in [5.41, 5.74) is 1.47. The molecule has 8 nitrogen and oxygen atoms in total. The lowest BCUT2D eigenvalue weighted by atomic mass is 10.2. The first kappa shape index (κ1) is 13.7. The first-order valence-corrected chi connectivity index (χ1v) is 7.54. The summed E-state index contributed by atoms with van der Waals surface area (Å²) in [5.74, 6) is 0.962. The number of rotatable bonds is 2. The van der Waals surface area contributed by atoms with Crippen molar-refractivity contribution in [3.8, 4) is 0 Å². The molecule has 0 bridgehead atoms. The second-order valence-electron chi connectivity index (χ2n) is 5.60. The Balaban J connectivity index is 1.45. The van der Waals surface area contributed by atoms with Crippen LogP contribution in [-0.4, -0.2) is 61.4 Å². The van der Waals surface area contributed by atoms with Crippen molar-refractivity contribution in [1.29, 1.82) is 0 Å². The maximum Gasteiger partial charge on any atom is 0.257 e. The maximum absolute atomic E-state index is 12.4. The van der Waals surface area contributed by atoms with Gasteiger partial charge in [-0.2, -0.15) is 10.2 Å². The Labute approximate surface area is 132 Å². The number of aryl methyl sites for hydroxylation is 1. The van der Waals surface area contributed by atoms with Crippen molar-refractivity contribution in [2.24, 2.45) is 7.05 Å². The van der Waals surface area contributed by atoms with Crippen molar-refractivity contribution in [3.05, 3.63) is 42.5 Å². The van der Waals surface area contributed by atoms with Gasteiger partial charge < -0.3 is 9.80 Å². The van der Waals surface area contributed by atoms with Gasteiger partial charge in [0.25, 0.3) is 5.91 Å². The molecule has 8 heteroatoms. The van der Waals surface area contributed by atoms with Crippen LogP contribution in [0.2, 0.25) is 0 Å². The van der Waals surface area contributed by atoms with Gasteiger partial charge in [-0.25, -0.2) is 9.50 Å². The van der Waals surface area contributed by atoms with Crippen LogP contribution in [0.1, 0.15) is 10.4 Å². The number of aromatic nitrogens is 5. The first-order chi connectivity index (χ1) is 11.2. The van der Waals surface area contributed by atoms with E-state index in [0.717, 1.165) is 24.6 Å². The molecular formula is C15H17N7O. The first-order valence-electron chi connectivity index (χ1n) is 7.54. The van der Waals surface area contributed by atoms with E-state index in [9.17, 15) is 4.79 Å². The summed E-state index contributed by atoms with van der Waals surface area (Å²) >= 11 is 0. The van der Waals surface area contributed by atoms with Gasteiger partial charge in [0, 0.05) is 51.7 Å². The fourth-order valence-electron chi connectivity index (χ4n) is 2.83. The highest BCUT2D eigenvalue weighted by Crippen LogP contribution is 2.16. The average molecular weight is 311 g/mol. The van der Waals surface area contributed by atoms with Crippen LogP contribution in [0.15, 0.2) is 36.9 Å². The van der Waals surface area contributed by atoms with E-state index < -0.39 is 0 Å². The lowest BCUT2D eigenvalue weighted by Gasteiger charge is -2.35. The third-order valence-corrected chi connectivity index (χ3v) is 4.09. The highest BCUT2D eigenvalue weighted by atomic mass is 16.2. The van der Waals surface area contributed by atoms with Crippen molar-refractivity contribution >= 4 is 17.4 Å². The Hall–Kier alpha value is -2.90. The Morgan fingerprint density at radius 1 is 1.13 bits per heavy atom. The minimum atomic E-state index is 0.0388. The summed E-state index contributed by atoms with van der Waals surface area (Å²) < 4.78 is 3.39. The molecular weight excluding hydrogens is 294 g/mol. The largest absolute Gasteiger partial charge is 0.353 e. The monoisotopic (exact) mass is 311 g/mol. The van der Waals surface area contributed by atoms with Crippen LogP contribution < -0.4 is 4.90 Å². The van der Waals surface area contributed by atoms with Gasteiger partial charge in [-0.3, -0.25) is 9.48 Å². The smallest absolute Gasteiger partial charge is 0.257 e. The fourth-order valence-corrected chi connectivity index (χ4v) is 2.83. The van der Waals surface area contributed by atoms with Crippen molar-refractivity contribution in [2.75, 3.05) is 31.1 Å². The average Bonchev–Trinajstić information content (AvgIpc) is 3.22. The fraction of sp³-hybridized carbons (Fsp3) is 0.333. The Morgan fingerprint density at radius 2 is 1.96 bits per heavy atom. The highest BCUT2D eigenvalue weighted by Gasteiger charge is 2.23. The normalized spacial score (nSPS) is 15.3. The number of nitrogens with zero attached hydrogens (tertiary/aromatic N) is 7. The Bertz CT molecular complexity index is 844. The summed E-state index contributed by atoms with van der Waals surface area (Å²) in [6.45, 7) is 2.90. The zero-order valence-corrected chi connectivity index (χ0v) is 12.8. The van der Waals surface area contributed by atoms with Crippen molar-refractivity contribution in [1.82, 2.24) is 29.3 Å². The van der Waals surface area contributed by atoms with Crippen LogP contribution in [0, 0.1) is 0 Å². The van der Waals surface area contributed by atoms with Crippen LogP contribution >= 0.6 is 0 Å². The molecule has 0 spiro atoms. The SMILES string of the molecule is Cn1cc(C(=O)N2CCN(c3ccn4nccc4n3)CC2)cn1.